The third kappa shape index (κ3) is 1.23. The Balaban J connectivity index is 2.19. The maximum atomic E-state index is 4.30. The highest BCUT2D eigenvalue weighted by Crippen LogP contribution is 2.30. The van der Waals surface area contributed by atoms with Crippen molar-refractivity contribution in [1.82, 2.24) is 15.3 Å². The number of hydrogen-bond acceptors (Lipinski definition) is 2. The molecule has 76 valence electrons. The average molecular weight is 199 g/mol. The Morgan fingerprint density at radius 2 is 2.40 bits per heavy atom. The largest absolute Gasteiger partial charge is 0.390 e. The lowest BCUT2D eigenvalue weighted by atomic mass is 9.97. The van der Waals surface area contributed by atoms with E-state index in [1.54, 1.807) is 0 Å². The fraction of sp³-hybridized carbons (Fsp3) is 0.250. The van der Waals surface area contributed by atoms with E-state index in [-0.39, 0.29) is 0 Å². The van der Waals surface area contributed by atoms with Crippen molar-refractivity contribution in [2.24, 2.45) is 5.92 Å². The molecule has 1 aliphatic rings. The average Bonchev–Trinajstić information content (AvgIpc) is 2.83. The maximum absolute atomic E-state index is 4.30. The van der Waals surface area contributed by atoms with Crippen LogP contribution in [0.3, 0.4) is 0 Å². The third-order valence-electron chi connectivity index (χ3n) is 2.97. The van der Waals surface area contributed by atoms with Gasteiger partial charge in [0, 0.05) is 42.0 Å². The van der Waals surface area contributed by atoms with Gasteiger partial charge in [-0.1, -0.05) is 6.92 Å². The minimum Gasteiger partial charge on any atom is -0.390 e. The van der Waals surface area contributed by atoms with Gasteiger partial charge < -0.3 is 10.3 Å². The smallest absolute Gasteiger partial charge is 0.137 e. The van der Waals surface area contributed by atoms with Crippen LogP contribution in [0.2, 0.25) is 0 Å². The first kappa shape index (κ1) is 8.53. The van der Waals surface area contributed by atoms with E-state index >= 15 is 0 Å². The second-order valence-electron chi connectivity index (χ2n) is 4.01. The van der Waals surface area contributed by atoms with E-state index in [0.717, 1.165) is 12.2 Å². The van der Waals surface area contributed by atoms with Crippen molar-refractivity contribution in [3.8, 4) is 0 Å². The second-order valence-corrected chi connectivity index (χ2v) is 4.01. The molecule has 0 saturated heterocycles. The standard InChI is InChI=1S/C12H13N3/c1-8-5-13-6-10(8)11-7-15-12-9(11)3-2-4-14-12/h2-4,6-8,13H,5H2,1H3,(H,14,15)/t8-/m1/s1. The van der Waals surface area contributed by atoms with Gasteiger partial charge in [0.15, 0.2) is 0 Å². The Bertz CT molecular complexity index is 524. The molecule has 0 bridgehead atoms. The number of fused-ring (bicyclic) bond motifs is 1. The highest BCUT2D eigenvalue weighted by Gasteiger charge is 2.18. The molecule has 0 unspecified atom stereocenters. The van der Waals surface area contributed by atoms with Crippen LogP contribution in [0, 0.1) is 5.92 Å². The van der Waals surface area contributed by atoms with E-state index < -0.39 is 0 Å². The van der Waals surface area contributed by atoms with Gasteiger partial charge in [0.1, 0.15) is 5.65 Å². The number of pyridine rings is 1. The fourth-order valence-corrected chi connectivity index (χ4v) is 2.14. The van der Waals surface area contributed by atoms with Crippen LogP contribution >= 0.6 is 0 Å². The van der Waals surface area contributed by atoms with Crippen LogP contribution in [-0.2, 0) is 0 Å². The van der Waals surface area contributed by atoms with E-state index in [9.17, 15) is 0 Å². The van der Waals surface area contributed by atoms with Crippen LogP contribution in [0.4, 0.5) is 0 Å². The van der Waals surface area contributed by atoms with Crippen LogP contribution in [0.15, 0.2) is 30.7 Å². The molecule has 0 fully saturated rings. The van der Waals surface area contributed by atoms with Gasteiger partial charge in [-0.25, -0.2) is 4.98 Å². The quantitative estimate of drug-likeness (QED) is 0.738. The Morgan fingerprint density at radius 3 is 3.20 bits per heavy atom. The summed E-state index contributed by atoms with van der Waals surface area (Å²) in [5, 5.41) is 4.49. The number of H-pyrrole nitrogens is 1. The molecule has 0 amide bonds. The minimum atomic E-state index is 0.573. The van der Waals surface area contributed by atoms with Crippen molar-refractivity contribution in [2.45, 2.75) is 6.92 Å². The van der Waals surface area contributed by atoms with Crippen LogP contribution in [0.1, 0.15) is 12.5 Å². The summed E-state index contributed by atoms with van der Waals surface area (Å²) < 4.78 is 0. The van der Waals surface area contributed by atoms with Gasteiger partial charge in [-0.2, -0.15) is 0 Å². The number of rotatable bonds is 1. The van der Waals surface area contributed by atoms with Gasteiger partial charge in [-0.05, 0) is 17.7 Å². The van der Waals surface area contributed by atoms with Crippen molar-refractivity contribution >= 4 is 16.6 Å². The summed E-state index contributed by atoms with van der Waals surface area (Å²) in [4.78, 5) is 7.50. The van der Waals surface area contributed by atoms with Gasteiger partial charge in [-0.15, -0.1) is 0 Å². The van der Waals surface area contributed by atoms with Gasteiger partial charge in [0.05, 0.1) is 0 Å². The first-order valence-electron chi connectivity index (χ1n) is 5.22. The highest BCUT2D eigenvalue weighted by atomic mass is 14.9. The zero-order chi connectivity index (χ0) is 10.3. The summed E-state index contributed by atoms with van der Waals surface area (Å²) in [5.41, 5.74) is 3.61. The van der Waals surface area contributed by atoms with Crippen LogP contribution < -0.4 is 5.32 Å². The predicted molar refractivity (Wildman–Crippen MR) is 61.2 cm³/mol. The lowest BCUT2D eigenvalue weighted by molar-refractivity contribution is 0.735. The molecule has 1 aliphatic heterocycles. The van der Waals surface area contributed by atoms with E-state index in [0.29, 0.717) is 5.92 Å². The molecule has 0 spiro atoms. The maximum Gasteiger partial charge on any atom is 0.137 e. The van der Waals surface area contributed by atoms with Gasteiger partial charge in [0.25, 0.3) is 0 Å². The molecule has 0 aliphatic carbocycles. The number of nitrogens with zero attached hydrogens (tertiary/aromatic N) is 1. The summed E-state index contributed by atoms with van der Waals surface area (Å²) >= 11 is 0. The SMILES string of the molecule is C[C@@H]1CNC=C1c1c[nH]c2ncccc12. The minimum absolute atomic E-state index is 0.573. The number of nitrogens with one attached hydrogen (secondary N) is 2. The van der Waals surface area contributed by atoms with Crippen molar-refractivity contribution < 1.29 is 0 Å². The molecule has 2 aromatic rings. The van der Waals surface area contributed by atoms with E-state index in [4.69, 9.17) is 0 Å². The number of hydrogen-bond donors (Lipinski definition) is 2. The van der Waals surface area contributed by atoms with Gasteiger partial charge >= 0.3 is 0 Å². The molecule has 2 aromatic heterocycles. The lowest BCUT2D eigenvalue weighted by Crippen LogP contribution is -2.05. The first-order valence-corrected chi connectivity index (χ1v) is 5.22. The molecule has 2 N–H and O–H groups in total. The fourth-order valence-electron chi connectivity index (χ4n) is 2.14. The summed E-state index contributed by atoms with van der Waals surface area (Å²) in [6, 6.07) is 4.09. The summed E-state index contributed by atoms with van der Waals surface area (Å²) in [7, 11) is 0. The van der Waals surface area contributed by atoms with E-state index in [2.05, 4.69) is 34.5 Å². The predicted octanol–water partition coefficient (Wildman–Crippen LogP) is 2.14. The van der Waals surface area contributed by atoms with E-state index in [1.807, 2.05) is 18.5 Å². The molecular formula is C12H13N3. The molecule has 1 atom stereocenters. The number of aromatic amines is 1. The summed E-state index contributed by atoms with van der Waals surface area (Å²) in [6.45, 7) is 3.27. The zero-order valence-corrected chi connectivity index (χ0v) is 8.62. The van der Waals surface area contributed by atoms with Crippen LogP contribution in [0.25, 0.3) is 16.6 Å². The van der Waals surface area contributed by atoms with Crippen LogP contribution in [0.5, 0.6) is 0 Å². The van der Waals surface area contributed by atoms with Gasteiger partial charge in [-0.3, -0.25) is 0 Å². The van der Waals surface area contributed by atoms with Crippen molar-refractivity contribution in [1.29, 1.82) is 0 Å². The molecular weight excluding hydrogens is 186 g/mol. The third-order valence-corrected chi connectivity index (χ3v) is 2.97. The van der Waals surface area contributed by atoms with Crippen molar-refractivity contribution in [2.75, 3.05) is 6.54 Å². The summed E-state index contributed by atoms with van der Waals surface area (Å²) in [5.74, 6) is 0.573. The molecule has 3 heteroatoms. The lowest BCUT2D eigenvalue weighted by Gasteiger charge is -2.05. The topological polar surface area (TPSA) is 40.7 Å². The molecule has 3 nitrogen and oxygen atoms in total. The molecule has 0 aromatic carbocycles. The van der Waals surface area contributed by atoms with Crippen molar-refractivity contribution in [3.05, 3.63) is 36.3 Å². The molecule has 0 saturated carbocycles. The van der Waals surface area contributed by atoms with Crippen LogP contribution in [-0.4, -0.2) is 16.5 Å². The zero-order valence-electron chi connectivity index (χ0n) is 8.62. The summed E-state index contributed by atoms with van der Waals surface area (Å²) in [6.07, 6.45) is 5.97. The number of aromatic nitrogens is 2. The normalized spacial score (nSPS) is 20.3. The monoisotopic (exact) mass is 199 g/mol. The first-order chi connectivity index (χ1) is 7.36. The molecule has 3 heterocycles. The highest BCUT2D eigenvalue weighted by molar-refractivity contribution is 5.91. The Hall–Kier alpha value is -1.77. The van der Waals surface area contributed by atoms with Gasteiger partial charge in [0.2, 0.25) is 0 Å². The molecule has 3 rings (SSSR count). The van der Waals surface area contributed by atoms with E-state index in [1.165, 1.54) is 16.5 Å². The molecule has 0 radical (unpaired) electrons. The molecule has 15 heavy (non-hydrogen) atoms. The van der Waals surface area contributed by atoms with Crippen molar-refractivity contribution in [3.63, 3.8) is 0 Å². The Kier molecular flexibility index (Phi) is 1.78. The Labute approximate surface area is 88.2 Å². The second kappa shape index (κ2) is 3.12. The Morgan fingerprint density at radius 1 is 1.47 bits per heavy atom.